The Hall–Kier alpha value is -1.00. The molecule has 0 aliphatic rings. The van der Waals surface area contributed by atoms with Crippen molar-refractivity contribution >= 4 is 0 Å². The van der Waals surface area contributed by atoms with Crippen molar-refractivity contribution in [3.63, 3.8) is 0 Å². The molecule has 0 fully saturated rings. The maximum absolute atomic E-state index is 13.4. The van der Waals surface area contributed by atoms with Gasteiger partial charge in [-0.2, -0.15) is 0 Å². The van der Waals surface area contributed by atoms with Gasteiger partial charge in [0.1, 0.15) is 17.7 Å². The molecule has 0 radical (unpaired) electrons. The Bertz CT molecular complexity index is 291. The predicted molar refractivity (Wildman–Crippen MR) is 54.7 cm³/mol. The van der Waals surface area contributed by atoms with E-state index in [1.165, 1.54) is 18.2 Å². The zero-order valence-corrected chi connectivity index (χ0v) is 8.89. The second kappa shape index (κ2) is 5.78. The zero-order chi connectivity index (χ0) is 11.3. The van der Waals surface area contributed by atoms with Gasteiger partial charge >= 0.3 is 0 Å². The fraction of sp³-hybridized carbons (Fsp3) is 0.455. The van der Waals surface area contributed by atoms with Crippen molar-refractivity contribution < 1.29 is 13.5 Å². The highest BCUT2D eigenvalue weighted by atomic mass is 19.1. The van der Waals surface area contributed by atoms with Gasteiger partial charge in [-0.3, -0.25) is 0 Å². The van der Waals surface area contributed by atoms with E-state index in [1.54, 1.807) is 14.0 Å². The van der Waals surface area contributed by atoms with Crippen molar-refractivity contribution in [2.45, 2.75) is 13.0 Å². The van der Waals surface area contributed by atoms with Gasteiger partial charge < -0.3 is 10.1 Å². The normalized spacial score (nSPS) is 12.8. The van der Waals surface area contributed by atoms with E-state index in [2.05, 4.69) is 5.32 Å². The van der Waals surface area contributed by atoms with E-state index >= 15 is 0 Å². The minimum absolute atomic E-state index is 0.00583. The second-order valence-electron chi connectivity index (χ2n) is 3.14. The summed E-state index contributed by atoms with van der Waals surface area (Å²) in [6.07, 6.45) is -0.582. The number of rotatable bonds is 5. The first-order chi connectivity index (χ1) is 7.20. The summed E-state index contributed by atoms with van der Waals surface area (Å²) in [5.41, 5.74) is -0.00583. The average molecular weight is 215 g/mol. The van der Waals surface area contributed by atoms with Gasteiger partial charge in [0.25, 0.3) is 0 Å². The summed E-state index contributed by atoms with van der Waals surface area (Å²) in [4.78, 5) is 0. The van der Waals surface area contributed by atoms with E-state index < -0.39 is 17.7 Å². The number of hydrogen-bond donors (Lipinski definition) is 1. The van der Waals surface area contributed by atoms with E-state index in [-0.39, 0.29) is 5.56 Å². The molecule has 0 amide bonds. The number of benzene rings is 1. The maximum atomic E-state index is 13.4. The van der Waals surface area contributed by atoms with Gasteiger partial charge in [0.2, 0.25) is 0 Å². The molecule has 2 nitrogen and oxygen atoms in total. The van der Waals surface area contributed by atoms with Crippen molar-refractivity contribution in [1.82, 2.24) is 5.32 Å². The van der Waals surface area contributed by atoms with Crippen LogP contribution in [0.3, 0.4) is 0 Å². The SMILES string of the molecule is CCOC(CNC)c1c(F)cccc1F. The molecule has 1 aromatic carbocycles. The average Bonchev–Trinajstić information content (AvgIpc) is 2.18. The van der Waals surface area contributed by atoms with Crippen LogP contribution in [0.15, 0.2) is 18.2 Å². The summed E-state index contributed by atoms with van der Waals surface area (Å²) in [6, 6.07) is 3.82. The second-order valence-corrected chi connectivity index (χ2v) is 3.14. The molecule has 0 aliphatic heterocycles. The molecular weight excluding hydrogens is 200 g/mol. The van der Waals surface area contributed by atoms with Gasteiger partial charge in [0, 0.05) is 13.2 Å². The largest absolute Gasteiger partial charge is 0.372 e. The molecule has 0 aliphatic carbocycles. The van der Waals surface area contributed by atoms with Crippen LogP contribution in [0.1, 0.15) is 18.6 Å². The van der Waals surface area contributed by atoms with Gasteiger partial charge in [-0.05, 0) is 26.1 Å². The summed E-state index contributed by atoms with van der Waals surface area (Å²) < 4.78 is 32.1. The Morgan fingerprint density at radius 3 is 2.40 bits per heavy atom. The van der Waals surface area contributed by atoms with Gasteiger partial charge in [-0.25, -0.2) is 8.78 Å². The van der Waals surface area contributed by atoms with Crippen LogP contribution in [0.2, 0.25) is 0 Å². The van der Waals surface area contributed by atoms with Gasteiger partial charge in [0.05, 0.1) is 5.56 Å². The standard InChI is InChI=1S/C11H15F2NO/c1-3-15-10(7-14-2)11-8(12)5-4-6-9(11)13/h4-6,10,14H,3,7H2,1-2H3. The molecule has 4 heteroatoms. The molecule has 1 rings (SSSR count). The maximum Gasteiger partial charge on any atom is 0.132 e. The summed E-state index contributed by atoms with van der Waals surface area (Å²) in [6.45, 7) is 2.59. The summed E-state index contributed by atoms with van der Waals surface area (Å²) in [7, 11) is 1.71. The van der Waals surface area contributed by atoms with Crippen LogP contribution in [0.25, 0.3) is 0 Å². The number of halogens is 2. The van der Waals surface area contributed by atoms with Crippen LogP contribution in [0.5, 0.6) is 0 Å². The lowest BCUT2D eigenvalue weighted by Gasteiger charge is -2.18. The van der Waals surface area contributed by atoms with Gasteiger partial charge in [0.15, 0.2) is 0 Å². The van der Waals surface area contributed by atoms with Crippen molar-refractivity contribution in [1.29, 1.82) is 0 Å². The zero-order valence-electron chi connectivity index (χ0n) is 8.89. The Labute approximate surface area is 88.3 Å². The molecule has 1 aromatic rings. The minimum atomic E-state index is -0.582. The molecule has 0 saturated heterocycles. The first-order valence-corrected chi connectivity index (χ1v) is 4.90. The van der Waals surface area contributed by atoms with E-state index in [4.69, 9.17) is 4.74 Å². The van der Waals surface area contributed by atoms with Gasteiger partial charge in [-0.1, -0.05) is 6.07 Å². The van der Waals surface area contributed by atoms with Crippen LogP contribution in [-0.2, 0) is 4.74 Å². The minimum Gasteiger partial charge on any atom is -0.372 e. The fourth-order valence-electron chi connectivity index (χ4n) is 1.45. The molecule has 0 spiro atoms. The number of ether oxygens (including phenoxy) is 1. The first kappa shape index (κ1) is 12.1. The Morgan fingerprint density at radius 1 is 1.33 bits per heavy atom. The highest BCUT2D eigenvalue weighted by Gasteiger charge is 2.19. The van der Waals surface area contributed by atoms with E-state index in [1.807, 2.05) is 0 Å². The molecule has 1 N–H and O–H groups in total. The lowest BCUT2D eigenvalue weighted by atomic mass is 10.1. The van der Waals surface area contributed by atoms with Crippen molar-refractivity contribution in [2.24, 2.45) is 0 Å². The van der Waals surface area contributed by atoms with E-state index in [9.17, 15) is 8.78 Å². The third-order valence-electron chi connectivity index (χ3n) is 2.08. The van der Waals surface area contributed by atoms with Crippen molar-refractivity contribution in [2.75, 3.05) is 20.2 Å². The number of likely N-dealkylation sites (N-methyl/N-ethyl adjacent to an activating group) is 1. The van der Waals surface area contributed by atoms with Crippen LogP contribution in [-0.4, -0.2) is 20.2 Å². The molecular formula is C11H15F2NO. The lowest BCUT2D eigenvalue weighted by molar-refractivity contribution is 0.0585. The third kappa shape index (κ3) is 2.97. The monoisotopic (exact) mass is 215 g/mol. The topological polar surface area (TPSA) is 21.3 Å². The molecule has 1 atom stereocenters. The number of hydrogen-bond acceptors (Lipinski definition) is 2. The Morgan fingerprint density at radius 2 is 1.93 bits per heavy atom. The molecule has 0 aromatic heterocycles. The molecule has 0 saturated carbocycles. The quantitative estimate of drug-likeness (QED) is 0.813. The Balaban J connectivity index is 2.98. The fourth-order valence-corrected chi connectivity index (χ4v) is 1.45. The lowest BCUT2D eigenvalue weighted by Crippen LogP contribution is -2.21. The van der Waals surface area contributed by atoms with Crippen LogP contribution < -0.4 is 5.32 Å². The molecule has 15 heavy (non-hydrogen) atoms. The third-order valence-corrected chi connectivity index (χ3v) is 2.08. The van der Waals surface area contributed by atoms with Crippen LogP contribution in [0, 0.1) is 11.6 Å². The molecule has 84 valence electrons. The highest BCUT2D eigenvalue weighted by Crippen LogP contribution is 2.23. The van der Waals surface area contributed by atoms with Gasteiger partial charge in [-0.15, -0.1) is 0 Å². The first-order valence-electron chi connectivity index (χ1n) is 4.90. The molecule has 1 unspecified atom stereocenters. The van der Waals surface area contributed by atoms with E-state index in [0.29, 0.717) is 13.2 Å². The molecule has 0 bridgehead atoms. The smallest absolute Gasteiger partial charge is 0.132 e. The molecule has 0 heterocycles. The summed E-state index contributed by atoms with van der Waals surface area (Å²) in [5, 5.41) is 2.85. The van der Waals surface area contributed by atoms with Crippen LogP contribution in [0.4, 0.5) is 8.78 Å². The van der Waals surface area contributed by atoms with Crippen molar-refractivity contribution in [3.05, 3.63) is 35.4 Å². The van der Waals surface area contributed by atoms with Crippen molar-refractivity contribution in [3.8, 4) is 0 Å². The van der Waals surface area contributed by atoms with E-state index in [0.717, 1.165) is 0 Å². The Kier molecular flexibility index (Phi) is 4.65. The highest BCUT2D eigenvalue weighted by molar-refractivity contribution is 5.22. The predicted octanol–water partition coefficient (Wildman–Crippen LogP) is 2.26. The summed E-state index contributed by atoms with van der Waals surface area (Å²) >= 11 is 0. The summed E-state index contributed by atoms with van der Waals surface area (Å²) in [5.74, 6) is -1.13. The van der Waals surface area contributed by atoms with Crippen LogP contribution >= 0.6 is 0 Å². The number of nitrogens with one attached hydrogen (secondary N) is 1.